The van der Waals surface area contributed by atoms with E-state index in [-0.39, 0.29) is 18.2 Å². The topological polar surface area (TPSA) is 45.5 Å². The van der Waals surface area contributed by atoms with Crippen molar-refractivity contribution in [3.8, 4) is 11.1 Å². The fraction of sp³-hybridized carbons (Fsp3) is 0.281. The van der Waals surface area contributed by atoms with Gasteiger partial charge in [-0.2, -0.15) is 13.2 Å². The van der Waals surface area contributed by atoms with E-state index in [1.807, 2.05) is 36.6 Å². The van der Waals surface area contributed by atoms with E-state index in [2.05, 4.69) is 60.7 Å². The number of furan rings is 1. The highest BCUT2D eigenvalue weighted by molar-refractivity contribution is 8.00. The van der Waals surface area contributed by atoms with Gasteiger partial charge in [0.15, 0.2) is 0 Å². The first-order valence-electron chi connectivity index (χ1n) is 13.1. The average molecular weight is 599 g/mol. The summed E-state index contributed by atoms with van der Waals surface area (Å²) in [5, 5.41) is 0. The second-order valence-corrected chi connectivity index (χ2v) is 11.7. The summed E-state index contributed by atoms with van der Waals surface area (Å²) in [4.78, 5) is 14.9. The Balaban J connectivity index is 1.52. The van der Waals surface area contributed by atoms with Gasteiger partial charge < -0.3 is 4.42 Å². The molecule has 216 valence electrons. The van der Waals surface area contributed by atoms with Crippen LogP contribution in [0.3, 0.4) is 0 Å². The van der Waals surface area contributed by atoms with E-state index in [4.69, 9.17) is 4.42 Å². The molecule has 0 radical (unpaired) electrons. The quantitative estimate of drug-likeness (QED) is 0.138. The van der Waals surface area contributed by atoms with Crippen molar-refractivity contribution in [1.82, 2.24) is 9.62 Å². The Morgan fingerprint density at radius 1 is 0.878 bits per heavy atom. The second-order valence-electron chi connectivity index (χ2n) is 10.0. The lowest BCUT2D eigenvalue weighted by molar-refractivity contribution is -0.153. The second kappa shape index (κ2) is 13.7. The van der Waals surface area contributed by atoms with Gasteiger partial charge in [0.2, 0.25) is 11.7 Å². The van der Waals surface area contributed by atoms with Crippen molar-refractivity contribution < 1.29 is 22.4 Å². The van der Waals surface area contributed by atoms with Crippen LogP contribution in [-0.2, 0) is 30.6 Å². The molecule has 1 N–H and O–H groups in total. The maximum atomic E-state index is 13.2. The van der Waals surface area contributed by atoms with E-state index in [9.17, 15) is 18.0 Å². The van der Waals surface area contributed by atoms with E-state index < -0.39 is 11.9 Å². The summed E-state index contributed by atoms with van der Waals surface area (Å²) in [5.41, 5.74) is 7.78. The molecule has 1 aromatic heterocycles. The van der Waals surface area contributed by atoms with Crippen LogP contribution in [0.1, 0.15) is 39.3 Å². The zero-order valence-corrected chi connectivity index (χ0v) is 25.1. The number of hydrogen-bond donors (Lipinski definition) is 1. The molecule has 0 aliphatic heterocycles. The number of amides is 1. The summed E-state index contributed by atoms with van der Waals surface area (Å²) >= 11 is 2.77. The maximum absolute atomic E-state index is 13.2. The molecule has 0 aliphatic rings. The van der Waals surface area contributed by atoms with Gasteiger partial charge in [0.25, 0.3) is 0 Å². The van der Waals surface area contributed by atoms with E-state index in [1.165, 1.54) is 35.3 Å². The van der Waals surface area contributed by atoms with Crippen molar-refractivity contribution in [1.29, 1.82) is 0 Å². The van der Waals surface area contributed by atoms with Crippen LogP contribution < -0.4 is 4.72 Å². The molecule has 41 heavy (non-hydrogen) atoms. The van der Waals surface area contributed by atoms with E-state index in [0.717, 1.165) is 44.3 Å². The SMILES string of the molecule is CSNC(=O)CSc1cccc(-c2ccc(CN(Cc3ccc(C(F)(F)F)o3)Cc3c(C)cc(C)cc3C)cc2)c1. The normalized spacial score (nSPS) is 11.7. The Hall–Kier alpha value is -3.14. The predicted molar refractivity (Wildman–Crippen MR) is 162 cm³/mol. The number of hydrogen-bond acceptors (Lipinski definition) is 5. The Labute approximate surface area is 247 Å². The van der Waals surface area contributed by atoms with Gasteiger partial charge in [-0.3, -0.25) is 14.4 Å². The number of thioether (sulfide) groups is 1. The molecule has 3 aromatic carbocycles. The molecule has 1 amide bonds. The number of benzene rings is 3. The van der Waals surface area contributed by atoms with Gasteiger partial charge in [-0.1, -0.05) is 66.0 Å². The fourth-order valence-corrected chi connectivity index (χ4v) is 5.95. The zero-order chi connectivity index (χ0) is 29.6. The monoisotopic (exact) mass is 598 g/mol. The van der Waals surface area contributed by atoms with Crippen LogP contribution in [0, 0.1) is 20.8 Å². The third-order valence-electron chi connectivity index (χ3n) is 6.66. The molecule has 0 spiro atoms. The first-order chi connectivity index (χ1) is 19.5. The average Bonchev–Trinajstić information content (AvgIpc) is 3.39. The molecule has 0 saturated carbocycles. The van der Waals surface area contributed by atoms with Crippen LogP contribution >= 0.6 is 23.7 Å². The molecular formula is C32H33F3N2O2S2. The molecule has 1 heterocycles. The minimum atomic E-state index is -4.51. The highest BCUT2D eigenvalue weighted by Crippen LogP contribution is 2.32. The summed E-state index contributed by atoms with van der Waals surface area (Å²) in [6, 6.07) is 22.9. The van der Waals surface area contributed by atoms with Crippen molar-refractivity contribution in [2.75, 3.05) is 12.0 Å². The van der Waals surface area contributed by atoms with Crippen LogP contribution in [0.25, 0.3) is 11.1 Å². The maximum Gasteiger partial charge on any atom is 0.449 e. The van der Waals surface area contributed by atoms with Crippen LogP contribution in [0.15, 0.2) is 82.1 Å². The van der Waals surface area contributed by atoms with Gasteiger partial charge in [-0.05, 0) is 78.4 Å². The molecule has 0 bridgehead atoms. The van der Waals surface area contributed by atoms with Gasteiger partial charge in [-0.25, -0.2) is 0 Å². The number of alkyl halides is 3. The molecule has 0 unspecified atom stereocenters. The van der Waals surface area contributed by atoms with Crippen molar-refractivity contribution in [3.05, 3.63) is 112 Å². The molecule has 0 aliphatic carbocycles. The summed E-state index contributed by atoms with van der Waals surface area (Å²) in [5.74, 6) is -0.386. The molecule has 4 nitrogen and oxygen atoms in total. The Kier molecular flexibility index (Phi) is 10.3. The number of halogens is 3. The third-order valence-corrected chi connectivity index (χ3v) is 8.08. The lowest BCUT2D eigenvalue weighted by Crippen LogP contribution is -2.23. The number of nitrogens with zero attached hydrogens (tertiary/aromatic N) is 1. The van der Waals surface area contributed by atoms with Crippen molar-refractivity contribution >= 4 is 29.6 Å². The van der Waals surface area contributed by atoms with Crippen LogP contribution in [0.5, 0.6) is 0 Å². The molecule has 4 aromatic rings. The highest BCUT2D eigenvalue weighted by Gasteiger charge is 2.34. The molecule has 4 rings (SSSR count). The summed E-state index contributed by atoms with van der Waals surface area (Å²) in [7, 11) is 0. The fourth-order valence-electron chi connectivity index (χ4n) is 4.80. The lowest BCUT2D eigenvalue weighted by atomic mass is 9.99. The predicted octanol–water partition coefficient (Wildman–Crippen LogP) is 8.58. The molecular weight excluding hydrogens is 565 g/mol. The molecule has 0 fully saturated rings. The number of carbonyl (C=O) groups excluding carboxylic acids is 1. The minimum Gasteiger partial charge on any atom is -0.455 e. The van der Waals surface area contributed by atoms with Gasteiger partial charge in [0.1, 0.15) is 5.76 Å². The van der Waals surface area contributed by atoms with Crippen molar-refractivity contribution in [3.63, 3.8) is 0 Å². The van der Waals surface area contributed by atoms with Crippen LogP contribution in [-0.4, -0.2) is 22.8 Å². The summed E-state index contributed by atoms with van der Waals surface area (Å²) < 4.78 is 47.4. The number of aryl methyl sites for hydroxylation is 3. The standard InChI is InChI=1S/C32H33F3N2O2S2/c1-21-14-22(2)29(23(3)15-21)19-37(18-27-12-13-30(39-27)32(33,34)35)17-24-8-10-25(11-9-24)26-6-5-7-28(16-26)41-20-31(38)36-40-4/h5-16H,17-20H2,1-4H3,(H,36,38). The summed E-state index contributed by atoms with van der Waals surface area (Å²) in [6.07, 6.45) is -2.70. The Bertz CT molecular complexity index is 1460. The highest BCUT2D eigenvalue weighted by atomic mass is 32.2. The van der Waals surface area contributed by atoms with Crippen molar-refractivity contribution in [2.24, 2.45) is 0 Å². The Morgan fingerprint density at radius 3 is 2.22 bits per heavy atom. The van der Waals surface area contributed by atoms with Crippen LogP contribution in [0.2, 0.25) is 0 Å². The zero-order valence-electron chi connectivity index (χ0n) is 23.5. The largest absolute Gasteiger partial charge is 0.455 e. The first-order valence-corrected chi connectivity index (χ1v) is 15.3. The number of nitrogens with one attached hydrogen (secondary N) is 1. The van der Waals surface area contributed by atoms with Gasteiger partial charge >= 0.3 is 6.18 Å². The molecule has 9 heteroatoms. The van der Waals surface area contributed by atoms with Gasteiger partial charge in [-0.15, -0.1) is 11.8 Å². The smallest absolute Gasteiger partial charge is 0.449 e. The minimum absolute atomic E-state index is 0.0259. The summed E-state index contributed by atoms with van der Waals surface area (Å²) in [6.45, 7) is 7.55. The van der Waals surface area contributed by atoms with Gasteiger partial charge in [0, 0.05) is 24.2 Å². The lowest BCUT2D eigenvalue weighted by Gasteiger charge is -2.24. The number of carbonyl (C=O) groups is 1. The molecule has 0 atom stereocenters. The van der Waals surface area contributed by atoms with E-state index >= 15 is 0 Å². The first kappa shape index (κ1) is 30.8. The van der Waals surface area contributed by atoms with E-state index in [1.54, 1.807) is 0 Å². The van der Waals surface area contributed by atoms with Gasteiger partial charge in [0.05, 0.1) is 12.3 Å². The van der Waals surface area contributed by atoms with E-state index in [0.29, 0.717) is 18.8 Å². The Morgan fingerprint density at radius 2 is 1.59 bits per heavy atom. The molecule has 0 saturated heterocycles. The van der Waals surface area contributed by atoms with Crippen LogP contribution in [0.4, 0.5) is 13.2 Å². The number of rotatable bonds is 11. The van der Waals surface area contributed by atoms with Crippen molar-refractivity contribution in [2.45, 2.75) is 51.5 Å². The third kappa shape index (κ3) is 8.67.